The lowest BCUT2D eigenvalue weighted by Gasteiger charge is -2.18. The van der Waals surface area contributed by atoms with Crippen LogP contribution in [0.5, 0.6) is 11.5 Å². The number of rotatable bonds is 6. The molecule has 0 bridgehead atoms. The first kappa shape index (κ1) is 19.7. The van der Waals surface area contributed by atoms with Gasteiger partial charge in [0, 0.05) is 24.8 Å². The predicted octanol–water partition coefficient (Wildman–Crippen LogP) is 3.64. The Kier molecular flexibility index (Phi) is 5.42. The van der Waals surface area contributed by atoms with E-state index in [9.17, 15) is 4.79 Å². The van der Waals surface area contributed by atoms with Crippen LogP contribution >= 0.6 is 11.8 Å². The molecule has 2 aromatic carbocycles. The Bertz CT molecular complexity index is 1090. The van der Waals surface area contributed by atoms with Gasteiger partial charge in [-0.25, -0.2) is 0 Å². The molecule has 2 aliphatic rings. The maximum Gasteiger partial charge on any atom is 0.234 e. The number of fused-ring (bicyclic) bond motifs is 1. The summed E-state index contributed by atoms with van der Waals surface area (Å²) in [7, 11) is 0. The van der Waals surface area contributed by atoms with Gasteiger partial charge in [-0.1, -0.05) is 29.5 Å². The second-order valence-corrected chi connectivity index (χ2v) is 8.50. The summed E-state index contributed by atoms with van der Waals surface area (Å²) in [5.74, 6) is 2.26. The standard InChI is InChI=1S/C22H23N5O3S/c1-15-4-7-17(8-5-15)27-21(26-10-2-3-11-26)24-25-22(27)31-13-20(28)23-16-6-9-18-19(12-16)30-14-29-18/h4-9,12H,2-3,10-11,13-14H2,1H3,(H,23,28). The first-order valence-corrected chi connectivity index (χ1v) is 11.3. The highest BCUT2D eigenvalue weighted by Gasteiger charge is 2.23. The highest BCUT2D eigenvalue weighted by atomic mass is 32.2. The van der Waals surface area contributed by atoms with Crippen LogP contribution in [-0.4, -0.2) is 46.3 Å². The SMILES string of the molecule is Cc1ccc(-n2c(SCC(=O)Nc3ccc4c(c3)OCO4)nnc2N2CCCC2)cc1. The van der Waals surface area contributed by atoms with Crippen molar-refractivity contribution >= 4 is 29.3 Å². The Balaban J connectivity index is 1.32. The second-order valence-electron chi connectivity index (χ2n) is 7.55. The van der Waals surface area contributed by atoms with Crippen LogP contribution in [0.2, 0.25) is 0 Å². The highest BCUT2D eigenvalue weighted by molar-refractivity contribution is 7.99. The summed E-state index contributed by atoms with van der Waals surface area (Å²) in [6.07, 6.45) is 2.31. The number of thioether (sulfide) groups is 1. The number of carbonyl (C=O) groups excluding carboxylic acids is 1. The smallest absolute Gasteiger partial charge is 0.234 e. The number of nitrogens with zero attached hydrogens (tertiary/aromatic N) is 4. The predicted molar refractivity (Wildman–Crippen MR) is 119 cm³/mol. The Hall–Kier alpha value is -3.20. The number of aryl methyl sites for hydroxylation is 1. The summed E-state index contributed by atoms with van der Waals surface area (Å²) in [5, 5.41) is 12.5. The molecular weight excluding hydrogens is 414 g/mol. The lowest BCUT2D eigenvalue weighted by Crippen LogP contribution is -2.22. The number of hydrogen-bond acceptors (Lipinski definition) is 7. The number of nitrogens with one attached hydrogen (secondary N) is 1. The lowest BCUT2D eigenvalue weighted by atomic mass is 10.2. The van der Waals surface area contributed by atoms with E-state index in [1.54, 1.807) is 18.2 Å². The molecule has 3 heterocycles. The van der Waals surface area contributed by atoms with Crippen molar-refractivity contribution in [2.24, 2.45) is 0 Å². The van der Waals surface area contributed by atoms with Crippen LogP contribution in [0.25, 0.3) is 5.69 Å². The number of amides is 1. The van der Waals surface area contributed by atoms with E-state index >= 15 is 0 Å². The van der Waals surface area contributed by atoms with E-state index in [0.29, 0.717) is 22.3 Å². The summed E-state index contributed by atoms with van der Waals surface area (Å²) in [5.41, 5.74) is 2.86. The zero-order valence-electron chi connectivity index (χ0n) is 17.2. The van der Waals surface area contributed by atoms with Gasteiger partial charge in [-0.15, -0.1) is 10.2 Å². The fraction of sp³-hybridized carbons (Fsp3) is 0.318. The number of benzene rings is 2. The summed E-state index contributed by atoms with van der Waals surface area (Å²) in [6.45, 7) is 4.21. The average molecular weight is 438 g/mol. The Morgan fingerprint density at radius 1 is 1.06 bits per heavy atom. The van der Waals surface area contributed by atoms with Gasteiger partial charge in [0.25, 0.3) is 0 Å². The molecule has 0 spiro atoms. The average Bonchev–Trinajstić information content (AvgIpc) is 3.52. The molecule has 1 aromatic heterocycles. The summed E-state index contributed by atoms with van der Waals surface area (Å²) >= 11 is 1.37. The molecule has 9 heteroatoms. The summed E-state index contributed by atoms with van der Waals surface area (Å²) in [6, 6.07) is 13.6. The van der Waals surface area contributed by atoms with Crippen molar-refractivity contribution in [2.45, 2.75) is 24.9 Å². The minimum Gasteiger partial charge on any atom is -0.454 e. The quantitative estimate of drug-likeness (QED) is 0.590. The molecule has 160 valence electrons. The van der Waals surface area contributed by atoms with Crippen molar-refractivity contribution in [2.75, 3.05) is 35.9 Å². The van der Waals surface area contributed by atoms with Crippen molar-refractivity contribution in [3.63, 3.8) is 0 Å². The molecule has 0 radical (unpaired) electrons. The van der Waals surface area contributed by atoms with Gasteiger partial charge in [0.15, 0.2) is 16.7 Å². The third-order valence-electron chi connectivity index (χ3n) is 5.29. The van der Waals surface area contributed by atoms with Gasteiger partial charge in [0.1, 0.15) is 0 Å². The Labute approximate surface area is 184 Å². The number of hydrogen-bond donors (Lipinski definition) is 1. The fourth-order valence-electron chi connectivity index (χ4n) is 3.70. The highest BCUT2D eigenvalue weighted by Crippen LogP contribution is 2.34. The Morgan fingerprint density at radius 3 is 2.65 bits per heavy atom. The van der Waals surface area contributed by atoms with Crippen LogP contribution in [-0.2, 0) is 4.79 Å². The molecule has 3 aromatic rings. The molecule has 1 fully saturated rings. The van der Waals surface area contributed by atoms with Gasteiger partial charge < -0.3 is 19.7 Å². The molecule has 5 rings (SSSR count). The normalized spacial score (nSPS) is 14.8. The van der Waals surface area contributed by atoms with Crippen LogP contribution in [0.1, 0.15) is 18.4 Å². The number of carbonyl (C=O) groups is 1. The summed E-state index contributed by atoms with van der Waals surface area (Å²) in [4.78, 5) is 14.8. The third-order valence-corrected chi connectivity index (χ3v) is 6.21. The van der Waals surface area contributed by atoms with Crippen molar-refractivity contribution in [3.05, 3.63) is 48.0 Å². The van der Waals surface area contributed by atoms with E-state index in [1.807, 2.05) is 4.57 Å². The van der Waals surface area contributed by atoms with E-state index in [-0.39, 0.29) is 18.5 Å². The minimum atomic E-state index is -0.120. The molecule has 0 atom stereocenters. The van der Waals surface area contributed by atoms with Crippen molar-refractivity contribution in [3.8, 4) is 17.2 Å². The van der Waals surface area contributed by atoms with Crippen LogP contribution in [0.15, 0.2) is 47.6 Å². The molecule has 31 heavy (non-hydrogen) atoms. The molecular formula is C22H23N5O3S. The van der Waals surface area contributed by atoms with E-state index in [2.05, 4.69) is 51.6 Å². The minimum absolute atomic E-state index is 0.120. The van der Waals surface area contributed by atoms with Gasteiger partial charge in [-0.3, -0.25) is 9.36 Å². The molecule has 2 aliphatic heterocycles. The zero-order valence-corrected chi connectivity index (χ0v) is 18.0. The van der Waals surface area contributed by atoms with Gasteiger partial charge >= 0.3 is 0 Å². The van der Waals surface area contributed by atoms with E-state index in [1.165, 1.54) is 17.3 Å². The number of anilines is 2. The van der Waals surface area contributed by atoms with E-state index in [4.69, 9.17) is 9.47 Å². The van der Waals surface area contributed by atoms with Crippen LogP contribution in [0.4, 0.5) is 11.6 Å². The maximum atomic E-state index is 12.6. The van der Waals surface area contributed by atoms with Gasteiger partial charge in [0.05, 0.1) is 11.4 Å². The molecule has 8 nitrogen and oxygen atoms in total. The maximum absolute atomic E-state index is 12.6. The third kappa shape index (κ3) is 4.18. The molecule has 1 saturated heterocycles. The second kappa shape index (κ2) is 8.50. The van der Waals surface area contributed by atoms with Crippen molar-refractivity contribution in [1.82, 2.24) is 14.8 Å². The number of ether oxygens (including phenoxy) is 2. The van der Waals surface area contributed by atoms with Gasteiger partial charge in [0.2, 0.25) is 18.6 Å². The fourth-order valence-corrected chi connectivity index (χ4v) is 4.45. The molecule has 0 aliphatic carbocycles. The zero-order chi connectivity index (χ0) is 21.2. The molecule has 1 amide bonds. The van der Waals surface area contributed by atoms with Crippen LogP contribution in [0, 0.1) is 6.92 Å². The largest absolute Gasteiger partial charge is 0.454 e. The Morgan fingerprint density at radius 2 is 1.84 bits per heavy atom. The first-order chi connectivity index (χ1) is 15.2. The lowest BCUT2D eigenvalue weighted by molar-refractivity contribution is -0.113. The number of aromatic nitrogens is 3. The van der Waals surface area contributed by atoms with Crippen LogP contribution < -0.4 is 19.7 Å². The summed E-state index contributed by atoms with van der Waals surface area (Å²) < 4.78 is 12.7. The van der Waals surface area contributed by atoms with Crippen LogP contribution in [0.3, 0.4) is 0 Å². The van der Waals surface area contributed by atoms with Gasteiger partial charge in [-0.2, -0.15) is 0 Å². The topological polar surface area (TPSA) is 81.5 Å². The van der Waals surface area contributed by atoms with Crippen molar-refractivity contribution in [1.29, 1.82) is 0 Å². The van der Waals surface area contributed by atoms with E-state index in [0.717, 1.165) is 37.6 Å². The van der Waals surface area contributed by atoms with Gasteiger partial charge in [-0.05, 0) is 44.0 Å². The molecule has 0 saturated carbocycles. The molecule has 0 unspecified atom stereocenters. The van der Waals surface area contributed by atoms with Crippen molar-refractivity contribution < 1.29 is 14.3 Å². The first-order valence-electron chi connectivity index (χ1n) is 10.3. The monoisotopic (exact) mass is 437 g/mol. The molecule has 1 N–H and O–H groups in total. The van der Waals surface area contributed by atoms with E-state index < -0.39 is 0 Å².